The fourth-order valence-electron chi connectivity index (χ4n) is 5.20. The number of hydrogen-bond donors (Lipinski definition) is 2. The summed E-state index contributed by atoms with van der Waals surface area (Å²) in [7, 11) is 0. The summed E-state index contributed by atoms with van der Waals surface area (Å²) >= 11 is 6.05. The first-order valence-corrected chi connectivity index (χ1v) is 13.3. The molecule has 2 atom stereocenters. The van der Waals surface area contributed by atoms with Crippen molar-refractivity contribution in [2.24, 2.45) is 0 Å². The van der Waals surface area contributed by atoms with Crippen LogP contribution < -0.4 is 10.2 Å². The Morgan fingerprint density at radius 2 is 1.64 bits per heavy atom. The fraction of sp³-hybridized carbons (Fsp3) is 0.310. The number of amides is 3. The standard InChI is InChI=1S/C29H30ClN5O4/c30-23-10-8-20(9-11-23)17-24(28(37)34-15-13-33(14-16-34)26-7-3-4-12-31-26)32-27(36)25-18-21-5-1-2-6-22(21)19-35(25)29(38)39/h1-12,24-25H,13-19H2,(H,32,36)(H,38,39)/t24-,25+/m1/s1. The summed E-state index contributed by atoms with van der Waals surface area (Å²) < 4.78 is 0. The zero-order valence-electron chi connectivity index (χ0n) is 21.4. The lowest BCUT2D eigenvalue weighted by Crippen LogP contribution is -2.59. The van der Waals surface area contributed by atoms with Crippen molar-refractivity contribution in [2.45, 2.75) is 31.5 Å². The fourth-order valence-corrected chi connectivity index (χ4v) is 5.33. The molecule has 0 radical (unpaired) electrons. The zero-order chi connectivity index (χ0) is 27.4. The number of hydrogen-bond acceptors (Lipinski definition) is 5. The molecule has 0 bridgehead atoms. The molecule has 39 heavy (non-hydrogen) atoms. The number of carbonyl (C=O) groups excluding carboxylic acids is 2. The highest BCUT2D eigenvalue weighted by atomic mass is 35.5. The molecule has 0 unspecified atom stereocenters. The molecule has 3 amide bonds. The van der Waals surface area contributed by atoms with Gasteiger partial charge in [-0.3, -0.25) is 14.5 Å². The second-order valence-corrected chi connectivity index (χ2v) is 10.2. The molecular formula is C29H30ClN5O4. The second kappa shape index (κ2) is 11.7. The number of carboxylic acid groups (broad SMARTS) is 1. The van der Waals surface area contributed by atoms with Crippen LogP contribution in [0.5, 0.6) is 0 Å². The third kappa shape index (κ3) is 6.15. The number of fused-ring (bicyclic) bond motifs is 1. The molecule has 3 aromatic rings. The van der Waals surface area contributed by atoms with E-state index in [4.69, 9.17) is 11.6 Å². The first-order chi connectivity index (χ1) is 18.9. The van der Waals surface area contributed by atoms with E-state index in [2.05, 4.69) is 15.2 Å². The van der Waals surface area contributed by atoms with Crippen LogP contribution in [0, 0.1) is 0 Å². The predicted molar refractivity (Wildman–Crippen MR) is 148 cm³/mol. The first-order valence-electron chi connectivity index (χ1n) is 12.9. The number of aromatic nitrogens is 1. The van der Waals surface area contributed by atoms with Crippen LogP contribution in [0.2, 0.25) is 5.02 Å². The molecule has 1 fully saturated rings. The van der Waals surface area contributed by atoms with E-state index >= 15 is 0 Å². The van der Waals surface area contributed by atoms with Crippen molar-refractivity contribution < 1.29 is 19.5 Å². The van der Waals surface area contributed by atoms with Crippen molar-refractivity contribution in [3.8, 4) is 0 Å². The van der Waals surface area contributed by atoms with E-state index in [-0.39, 0.29) is 25.3 Å². The third-order valence-electron chi connectivity index (χ3n) is 7.33. The Hall–Kier alpha value is -4.11. The predicted octanol–water partition coefficient (Wildman–Crippen LogP) is 3.22. The van der Waals surface area contributed by atoms with Crippen LogP contribution in [-0.2, 0) is 29.0 Å². The number of nitrogens with one attached hydrogen (secondary N) is 1. The van der Waals surface area contributed by atoms with Crippen LogP contribution in [0.4, 0.5) is 10.6 Å². The lowest BCUT2D eigenvalue weighted by molar-refractivity contribution is -0.138. The monoisotopic (exact) mass is 547 g/mol. The van der Waals surface area contributed by atoms with Crippen LogP contribution in [0.25, 0.3) is 0 Å². The van der Waals surface area contributed by atoms with Gasteiger partial charge in [0.15, 0.2) is 0 Å². The topological polar surface area (TPSA) is 106 Å². The zero-order valence-corrected chi connectivity index (χ0v) is 22.1. The molecule has 2 aliphatic heterocycles. The summed E-state index contributed by atoms with van der Waals surface area (Å²) in [4.78, 5) is 48.8. The van der Waals surface area contributed by atoms with E-state index in [1.807, 2.05) is 54.6 Å². The Morgan fingerprint density at radius 1 is 0.949 bits per heavy atom. The molecule has 1 aromatic heterocycles. The molecule has 10 heteroatoms. The van der Waals surface area contributed by atoms with Gasteiger partial charge >= 0.3 is 6.09 Å². The molecule has 9 nitrogen and oxygen atoms in total. The van der Waals surface area contributed by atoms with Crippen molar-refractivity contribution in [2.75, 3.05) is 31.1 Å². The average Bonchev–Trinajstić information content (AvgIpc) is 2.97. The van der Waals surface area contributed by atoms with Gasteiger partial charge in [0, 0.05) is 50.2 Å². The van der Waals surface area contributed by atoms with E-state index in [9.17, 15) is 19.5 Å². The normalized spacial score (nSPS) is 17.8. The molecule has 3 heterocycles. The van der Waals surface area contributed by atoms with E-state index < -0.39 is 24.1 Å². The minimum absolute atomic E-state index is 0.120. The third-order valence-corrected chi connectivity index (χ3v) is 7.58. The summed E-state index contributed by atoms with van der Waals surface area (Å²) in [6.07, 6.45) is 1.09. The number of carbonyl (C=O) groups is 3. The summed E-state index contributed by atoms with van der Waals surface area (Å²) in [5.41, 5.74) is 2.65. The number of piperazine rings is 1. The number of nitrogens with zero attached hydrogens (tertiary/aromatic N) is 4. The van der Waals surface area contributed by atoms with Gasteiger partial charge in [0.05, 0.1) is 6.54 Å². The molecule has 0 aliphatic carbocycles. The molecular weight excluding hydrogens is 518 g/mol. The number of halogens is 1. The van der Waals surface area contributed by atoms with Crippen LogP contribution in [-0.4, -0.2) is 76.1 Å². The molecule has 2 aromatic carbocycles. The van der Waals surface area contributed by atoms with Crippen LogP contribution in [0.1, 0.15) is 16.7 Å². The molecule has 2 aliphatic rings. The van der Waals surface area contributed by atoms with Crippen molar-refractivity contribution in [1.29, 1.82) is 0 Å². The van der Waals surface area contributed by atoms with E-state index in [0.717, 1.165) is 27.4 Å². The molecule has 2 N–H and O–H groups in total. The number of anilines is 1. The summed E-state index contributed by atoms with van der Waals surface area (Å²) in [5.74, 6) is 0.186. The van der Waals surface area contributed by atoms with E-state index in [1.165, 1.54) is 0 Å². The molecule has 0 spiro atoms. The molecule has 0 saturated carbocycles. The van der Waals surface area contributed by atoms with Gasteiger partial charge in [-0.05, 0) is 41.0 Å². The minimum Gasteiger partial charge on any atom is -0.465 e. The van der Waals surface area contributed by atoms with Gasteiger partial charge < -0.3 is 20.2 Å². The van der Waals surface area contributed by atoms with Gasteiger partial charge in [-0.1, -0.05) is 54.1 Å². The van der Waals surface area contributed by atoms with Crippen molar-refractivity contribution in [3.63, 3.8) is 0 Å². The van der Waals surface area contributed by atoms with Crippen LogP contribution in [0.3, 0.4) is 0 Å². The highest BCUT2D eigenvalue weighted by Gasteiger charge is 2.37. The van der Waals surface area contributed by atoms with Gasteiger partial charge in [0.2, 0.25) is 11.8 Å². The number of benzene rings is 2. The highest BCUT2D eigenvalue weighted by Crippen LogP contribution is 2.24. The van der Waals surface area contributed by atoms with Crippen molar-refractivity contribution in [1.82, 2.24) is 20.1 Å². The maximum absolute atomic E-state index is 13.8. The summed E-state index contributed by atoms with van der Waals surface area (Å²) in [6.45, 7) is 2.34. The Kier molecular flexibility index (Phi) is 7.97. The maximum Gasteiger partial charge on any atom is 0.408 e. The Labute approximate surface area is 232 Å². The number of rotatable bonds is 6. The first kappa shape index (κ1) is 26.5. The Balaban J connectivity index is 1.33. The highest BCUT2D eigenvalue weighted by molar-refractivity contribution is 6.30. The SMILES string of the molecule is O=C(N[C@H](Cc1ccc(Cl)cc1)C(=O)N1CCN(c2ccccn2)CC1)[C@@H]1Cc2ccccc2CN1C(=O)O. The Bertz CT molecular complexity index is 1330. The quantitative estimate of drug-likeness (QED) is 0.491. The molecule has 1 saturated heterocycles. The van der Waals surface area contributed by atoms with Crippen LogP contribution in [0.15, 0.2) is 72.9 Å². The van der Waals surface area contributed by atoms with Crippen molar-refractivity contribution >= 4 is 35.3 Å². The van der Waals surface area contributed by atoms with E-state index in [0.29, 0.717) is 31.2 Å². The smallest absolute Gasteiger partial charge is 0.408 e. The maximum atomic E-state index is 13.8. The lowest BCUT2D eigenvalue weighted by atomic mass is 9.93. The van der Waals surface area contributed by atoms with Gasteiger partial charge in [0.1, 0.15) is 17.9 Å². The molecule has 202 valence electrons. The van der Waals surface area contributed by atoms with Crippen LogP contribution >= 0.6 is 11.6 Å². The largest absolute Gasteiger partial charge is 0.465 e. The average molecular weight is 548 g/mol. The second-order valence-electron chi connectivity index (χ2n) is 9.79. The lowest BCUT2D eigenvalue weighted by Gasteiger charge is -2.38. The summed E-state index contributed by atoms with van der Waals surface area (Å²) in [6, 6.07) is 18.6. The van der Waals surface area contributed by atoms with Gasteiger partial charge in [-0.25, -0.2) is 9.78 Å². The number of pyridine rings is 1. The van der Waals surface area contributed by atoms with Gasteiger partial charge in [-0.2, -0.15) is 0 Å². The Morgan fingerprint density at radius 3 is 2.31 bits per heavy atom. The van der Waals surface area contributed by atoms with Crippen molar-refractivity contribution in [3.05, 3.63) is 94.6 Å². The summed E-state index contributed by atoms with van der Waals surface area (Å²) in [5, 5.41) is 13.3. The van der Waals surface area contributed by atoms with E-state index in [1.54, 1.807) is 23.2 Å². The molecule has 5 rings (SSSR count). The van der Waals surface area contributed by atoms with Gasteiger partial charge in [-0.15, -0.1) is 0 Å². The minimum atomic E-state index is -1.17. The van der Waals surface area contributed by atoms with Gasteiger partial charge in [0.25, 0.3) is 0 Å².